The number of ether oxygens (including phenoxy) is 2. The first-order valence-electron chi connectivity index (χ1n) is 6.52. The first-order chi connectivity index (χ1) is 9.10. The summed E-state index contributed by atoms with van der Waals surface area (Å²) in [4.78, 5) is 4.33. The van der Waals surface area contributed by atoms with E-state index in [1.807, 2.05) is 0 Å². The van der Waals surface area contributed by atoms with Gasteiger partial charge in [-0.25, -0.2) is 0 Å². The van der Waals surface area contributed by atoms with Gasteiger partial charge in [-0.1, -0.05) is 6.92 Å². The molecule has 0 saturated carbocycles. The van der Waals surface area contributed by atoms with Gasteiger partial charge in [0.05, 0.1) is 19.9 Å². The topological polar surface area (TPSA) is 63.6 Å². The molecule has 0 amide bonds. The van der Waals surface area contributed by atoms with Crippen molar-refractivity contribution >= 4 is 0 Å². The average molecular weight is 268 g/mol. The molecule has 19 heavy (non-hydrogen) atoms. The number of aliphatic hydroxyl groups excluding tert-OH is 1. The number of aliphatic hydroxyl groups is 1. The molecule has 0 radical (unpaired) electrons. The van der Waals surface area contributed by atoms with E-state index in [0.717, 1.165) is 12.1 Å². The van der Waals surface area contributed by atoms with Crippen molar-refractivity contribution in [3.63, 3.8) is 0 Å². The second-order valence-corrected chi connectivity index (χ2v) is 4.73. The lowest BCUT2D eigenvalue weighted by molar-refractivity contribution is 0.213. The molecule has 108 valence electrons. The van der Waals surface area contributed by atoms with Crippen LogP contribution in [-0.4, -0.2) is 36.5 Å². The Hall–Kier alpha value is -1.33. The smallest absolute Gasteiger partial charge is 0.183 e. The fourth-order valence-corrected chi connectivity index (χ4v) is 1.91. The van der Waals surface area contributed by atoms with Crippen LogP contribution >= 0.6 is 0 Å². The highest BCUT2D eigenvalue weighted by molar-refractivity contribution is 5.42. The Morgan fingerprint density at radius 2 is 2.11 bits per heavy atom. The predicted octanol–water partition coefficient (Wildman–Crippen LogP) is 1.74. The van der Waals surface area contributed by atoms with Gasteiger partial charge in [-0.15, -0.1) is 0 Å². The number of aromatic nitrogens is 1. The van der Waals surface area contributed by atoms with Gasteiger partial charge in [0, 0.05) is 31.0 Å². The van der Waals surface area contributed by atoms with Crippen molar-refractivity contribution in [1.82, 2.24) is 10.3 Å². The molecule has 2 N–H and O–H groups in total. The molecule has 0 fully saturated rings. The molecule has 1 aromatic heterocycles. The summed E-state index contributed by atoms with van der Waals surface area (Å²) in [5.74, 6) is 1.33. The fraction of sp³-hybridized carbons (Fsp3) is 0.643. The number of pyridine rings is 1. The van der Waals surface area contributed by atoms with Crippen LogP contribution in [0.2, 0.25) is 0 Å². The van der Waals surface area contributed by atoms with Gasteiger partial charge in [-0.05, 0) is 19.8 Å². The summed E-state index contributed by atoms with van der Waals surface area (Å²) in [6.45, 7) is 4.93. The first kappa shape index (κ1) is 15.7. The molecule has 1 atom stereocenters. The molecule has 5 nitrogen and oxygen atoms in total. The molecule has 0 bridgehead atoms. The van der Waals surface area contributed by atoms with E-state index < -0.39 is 0 Å². The Morgan fingerprint density at radius 1 is 1.37 bits per heavy atom. The van der Waals surface area contributed by atoms with Crippen molar-refractivity contribution in [2.45, 2.75) is 38.8 Å². The fourth-order valence-electron chi connectivity index (χ4n) is 1.91. The Morgan fingerprint density at radius 3 is 2.63 bits per heavy atom. The molecule has 0 aliphatic heterocycles. The minimum atomic E-state index is -0.107. The van der Waals surface area contributed by atoms with E-state index in [2.05, 4.69) is 24.1 Å². The van der Waals surface area contributed by atoms with Gasteiger partial charge in [0.15, 0.2) is 11.5 Å². The minimum absolute atomic E-state index is 0.107. The van der Waals surface area contributed by atoms with E-state index in [1.54, 1.807) is 26.5 Å². The van der Waals surface area contributed by atoms with E-state index in [-0.39, 0.29) is 12.1 Å². The molecular weight excluding hydrogens is 244 g/mol. The molecule has 1 rings (SSSR count). The highest BCUT2D eigenvalue weighted by atomic mass is 16.5. The monoisotopic (exact) mass is 268 g/mol. The summed E-state index contributed by atoms with van der Waals surface area (Å²) in [5.41, 5.74) is 0.698. The summed E-state index contributed by atoms with van der Waals surface area (Å²) in [5, 5.41) is 12.5. The van der Waals surface area contributed by atoms with E-state index in [4.69, 9.17) is 14.6 Å². The van der Waals surface area contributed by atoms with Crippen LogP contribution in [0.1, 0.15) is 32.4 Å². The number of nitrogens with zero attached hydrogens (tertiary/aromatic N) is 1. The zero-order chi connectivity index (χ0) is 14.3. The van der Waals surface area contributed by atoms with Gasteiger partial charge < -0.3 is 19.9 Å². The van der Waals surface area contributed by atoms with E-state index >= 15 is 0 Å². The summed E-state index contributed by atoms with van der Waals surface area (Å²) in [6, 6.07) is 1.77. The van der Waals surface area contributed by atoms with Gasteiger partial charge in [0.1, 0.15) is 0 Å². The van der Waals surface area contributed by atoms with Crippen LogP contribution in [0.3, 0.4) is 0 Å². The van der Waals surface area contributed by atoms with Crippen LogP contribution in [0.15, 0.2) is 12.3 Å². The van der Waals surface area contributed by atoms with Crippen LogP contribution in [0, 0.1) is 0 Å². The van der Waals surface area contributed by atoms with Crippen molar-refractivity contribution in [3.05, 3.63) is 18.0 Å². The predicted molar refractivity (Wildman–Crippen MR) is 74.6 cm³/mol. The molecule has 0 aromatic carbocycles. The van der Waals surface area contributed by atoms with Crippen molar-refractivity contribution < 1.29 is 14.6 Å². The summed E-state index contributed by atoms with van der Waals surface area (Å²) >= 11 is 0. The van der Waals surface area contributed by atoms with Crippen molar-refractivity contribution in [2.75, 3.05) is 20.8 Å². The molecule has 1 aromatic rings. The first-order valence-corrected chi connectivity index (χ1v) is 6.52. The maximum atomic E-state index is 9.11. The van der Waals surface area contributed by atoms with Gasteiger partial charge in [0.2, 0.25) is 0 Å². The SMILES string of the molecule is CCC(C)(CCO)NCc1nccc(OC)c1OC. The number of hydrogen-bond acceptors (Lipinski definition) is 5. The van der Waals surface area contributed by atoms with Crippen LogP contribution < -0.4 is 14.8 Å². The van der Waals surface area contributed by atoms with Gasteiger partial charge in [-0.2, -0.15) is 0 Å². The van der Waals surface area contributed by atoms with Crippen LogP contribution in [0.5, 0.6) is 11.5 Å². The molecule has 5 heteroatoms. The quantitative estimate of drug-likeness (QED) is 0.752. The van der Waals surface area contributed by atoms with Crippen molar-refractivity contribution in [1.29, 1.82) is 0 Å². The maximum absolute atomic E-state index is 9.11. The second kappa shape index (κ2) is 7.31. The van der Waals surface area contributed by atoms with Crippen LogP contribution in [0.4, 0.5) is 0 Å². The van der Waals surface area contributed by atoms with Gasteiger partial charge in [-0.3, -0.25) is 4.98 Å². The summed E-state index contributed by atoms with van der Waals surface area (Å²) in [7, 11) is 3.22. The van der Waals surface area contributed by atoms with Crippen LogP contribution in [0.25, 0.3) is 0 Å². The Kier molecular flexibility index (Phi) is 6.05. The van der Waals surface area contributed by atoms with Crippen molar-refractivity contribution in [3.8, 4) is 11.5 Å². The zero-order valence-electron chi connectivity index (χ0n) is 12.2. The Bertz CT molecular complexity index is 398. The van der Waals surface area contributed by atoms with Crippen molar-refractivity contribution in [2.24, 2.45) is 0 Å². The summed E-state index contributed by atoms with van der Waals surface area (Å²) < 4.78 is 10.6. The molecular formula is C14H24N2O3. The summed E-state index contributed by atoms with van der Waals surface area (Å²) in [6.07, 6.45) is 3.34. The standard InChI is InChI=1S/C14H24N2O3/c1-5-14(2,7-9-17)16-10-11-13(19-4)12(18-3)6-8-15-11/h6,8,16-17H,5,7,9-10H2,1-4H3. The third kappa shape index (κ3) is 4.08. The highest BCUT2D eigenvalue weighted by Gasteiger charge is 2.22. The lowest BCUT2D eigenvalue weighted by atomic mass is 9.95. The van der Waals surface area contributed by atoms with E-state index in [9.17, 15) is 0 Å². The minimum Gasteiger partial charge on any atom is -0.493 e. The van der Waals surface area contributed by atoms with E-state index in [1.165, 1.54) is 0 Å². The lowest BCUT2D eigenvalue weighted by Crippen LogP contribution is -2.42. The lowest BCUT2D eigenvalue weighted by Gasteiger charge is -2.29. The molecule has 0 aliphatic carbocycles. The number of rotatable bonds is 8. The Labute approximate surface area is 115 Å². The normalized spacial score (nSPS) is 13.9. The number of hydrogen-bond donors (Lipinski definition) is 2. The van der Waals surface area contributed by atoms with Gasteiger partial charge >= 0.3 is 0 Å². The largest absolute Gasteiger partial charge is 0.493 e. The van der Waals surface area contributed by atoms with Gasteiger partial charge in [0.25, 0.3) is 0 Å². The molecule has 1 heterocycles. The second-order valence-electron chi connectivity index (χ2n) is 4.73. The third-order valence-corrected chi connectivity index (χ3v) is 3.49. The molecule has 0 saturated heterocycles. The average Bonchev–Trinajstić information content (AvgIpc) is 2.44. The number of nitrogens with one attached hydrogen (secondary N) is 1. The Balaban J connectivity index is 2.82. The zero-order valence-corrected chi connectivity index (χ0v) is 12.2. The maximum Gasteiger partial charge on any atom is 0.183 e. The molecule has 1 unspecified atom stereocenters. The van der Waals surface area contributed by atoms with Crippen LogP contribution in [-0.2, 0) is 6.54 Å². The number of methoxy groups -OCH3 is 2. The highest BCUT2D eigenvalue weighted by Crippen LogP contribution is 2.29. The molecule has 0 aliphatic rings. The van der Waals surface area contributed by atoms with E-state index in [0.29, 0.717) is 24.5 Å². The third-order valence-electron chi connectivity index (χ3n) is 3.49. The molecule has 0 spiro atoms.